The Kier molecular flexibility index (Phi) is 8.62. The Labute approximate surface area is 152 Å². The van der Waals surface area contributed by atoms with Gasteiger partial charge in [0.15, 0.2) is 0 Å². The van der Waals surface area contributed by atoms with Crippen LogP contribution >= 0.6 is 0 Å². The van der Waals surface area contributed by atoms with Gasteiger partial charge in [0.05, 0.1) is 5.69 Å². The number of aromatic nitrogens is 3. The molecule has 1 heterocycles. The van der Waals surface area contributed by atoms with Gasteiger partial charge in [0.2, 0.25) is 0 Å². The zero-order valence-corrected chi connectivity index (χ0v) is 16.3. The number of nitrogens with zero attached hydrogens (tertiary/aromatic N) is 3. The molecule has 0 radical (unpaired) electrons. The molecule has 0 spiro atoms. The van der Waals surface area contributed by atoms with Crippen molar-refractivity contribution in [2.24, 2.45) is 7.05 Å². The van der Waals surface area contributed by atoms with Crippen LogP contribution < -0.4 is 0 Å². The topological polar surface area (TPSA) is 30.7 Å². The SMILES string of the molecule is C=C/C1=C(\C=C)c2c(nnn2C)-c2ccccc2CC1.CC.CCC. The summed E-state index contributed by atoms with van der Waals surface area (Å²) in [5.74, 6) is 0. The zero-order chi connectivity index (χ0) is 18.8. The molecule has 3 nitrogen and oxygen atoms in total. The number of hydrogen-bond acceptors (Lipinski definition) is 2. The molecule has 0 aliphatic heterocycles. The Morgan fingerprint density at radius 1 is 1.08 bits per heavy atom. The first kappa shape index (κ1) is 20.6. The summed E-state index contributed by atoms with van der Waals surface area (Å²) in [7, 11) is 1.92. The van der Waals surface area contributed by atoms with Gasteiger partial charge in [0.1, 0.15) is 5.69 Å². The fourth-order valence-electron chi connectivity index (χ4n) is 2.81. The van der Waals surface area contributed by atoms with E-state index in [2.05, 4.69) is 55.5 Å². The van der Waals surface area contributed by atoms with E-state index < -0.39 is 0 Å². The molecule has 0 bridgehead atoms. The molecule has 1 aromatic carbocycles. The molecular weight excluding hydrogens is 306 g/mol. The second-order valence-corrected chi connectivity index (χ2v) is 5.62. The Hall–Kier alpha value is -2.42. The van der Waals surface area contributed by atoms with Gasteiger partial charge in [0, 0.05) is 18.2 Å². The summed E-state index contributed by atoms with van der Waals surface area (Å²) in [6.07, 6.45) is 6.98. The molecule has 25 heavy (non-hydrogen) atoms. The van der Waals surface area contributed by atoms with Gasteiger partial charge in [-0.25, -0.2) is 4.68 Å². The smallest absolute Gasteiger partial charge is 0.121 e. The van der Waals surface area contributed by atoms with E-state index in [1.54, 1.807) is 0 Å². The quantitative estimate of drug-likeness (QED) is 0.673. The minimum atomic E-state index is 0.928. The molecule has 0 amide bonds. The first-order chi connectivity index (χ1) is 12.2. The third kappa shape index (κ3) is 4.56. The van der Waals surface area contributed by atoms with E-state index in [0.717, 1.165) is 35.4 Å². The highest BCUT2D eigenvalue weighted by Crippen LogP contribution is 2.35. The number of aryl methyl sites for hydroxylation is 2. The van der Waals surface area contributed by atoms with Crippen molar-refractivity contribution < 1.29 is 0 Å². The Morgan fingerprint density at radius 3 is 2.32 bits per heavy atom. The van der Waals surface area contributed by atoms with Crippen LogP contribution in [0.3, 0.4) is 0 Å². The van der Waals surface area contributed by atoms with Crippen molar-refractivity contribution in [3.63, 3.8) is 0 Å². The van der Waals surface area contributed by atoms with Crippen LogP contribution in [-0.2, 0) is 13.5 Å². The Morgan fingerprint density at radius 2 is 1.72 bits per heavy atom. The van der Waals surface area contributed by atoms with E-state index in [1.165, 1.54) is 17.6 Å². The second-order valence-electron chi connectivity index (χ2n) is 5.62. The van der Waals surface area contributed by atoms with E-state index in [9.17, 15) is 0 Å². The lowest BCUT2D eigenvalue weighted by Gasteiger charge is -2.17. The van der Waals surface area contributed by atoms with Crippen LogP contribution in [0.15, 0.2) is 55.1 Å². The molecular formula is C22H31N3. The molecule has 0 fully saturated rings. The van der Waals surface area contributed by atoms with Crippen molar-refractivity contribution in [2.75, 3.05) is 0 Å². The number of benzene rings is 1. The van der Waals surface area contributed by atoms with Crippen LogP contribution in [0.5, 0.6) is 0 Å². The number of fused-ring (bicyclic) bond motifs is 3. The molecule has 1 aromatic heterocycles. The molecule has 0 unspecified atom stereocenters. The Balaban J connectivity index is 0.000000567. The average Bonchev–Trinajstić information content (AvgIpc) is 3.00. The number of allylic oxidation sites excluding steroid dienone is 4. The van der Waals surface area contributed by atoms with Crippen LogP contribution in [0.25, 0.3) is 16.8 Å². The summed E-state index contributed by atoms with van der Waals surface area (Å²) in [6.45, 7) is 16.1. The molecule has 0 N–H and O–H groups in total. The maximum atomic E-state index is 4.36. The predicted octanol–water partition coefficient (Wildman–Crippen LogP) is 6.00. The maximum absolute atomic E-state index is 4.36. The van der Waals surface area contributed by atoms with Crippen LogP contribution in [0.1, 0.15) is 51.8 Å². The highest BCUT2D eigenvalue weighted by Gasteiger charge is 2.21. The molecule has 134 valence electrons. The lowest BCUT2D eigenvalue weighted by atomic mass is 9.89. The molecule has 0 atom stereocenters. The normalized spacial score (nSPS) is 15.1. The van der Waals surface area contributed by atoms with Crippen LogP contribution in [0.2, 0.25) is 0 Å². The third-order valence-corrected chi connectivity index (χ3v) is 3.81. The predicted molar refractivity (Wildman–Crippen MR) is 109 cm³/mol. The average molecular weight is 338 g/mol. The van der Waals surface area contributed by atoms with Crippen LogP contribution in [-0.4, -0.2) is 15.0 Å². The van der Waals surface area contributed by atoms with E-state index in [1.807, 2.05) is 43.8 Å². The molecule has 2 aromatic rings. The molecule has 0 saturated heterocycles. The summed E-state index contributed by atoms with van der Waals surface area (Å²) in [5, 5.41) is 8.56. The molecule has 3 rings (SSSR count). The van der Waals surface area contributed by atoms with Gasteiger partial charge in [-0.15, -0.1) is 5.10 Å². The fourth-order valence-corrected chi connectivity index (χ4v) is 2.81. The summed E-state index contributed by atoms with van der Waals surface area (Å²) in [4.78, 5) is 0. The monoisotopic (exact) mass is 337 g/mol. The van der Waals surface area contributed by atoms with Crippen LogP contribution in [0.4, 0.5) is 0 Å². The Bertz CT molecular complexity index is 735. The van der Waals surface area contributed by atoms with E-state index >= 15 is 0 Å². The number of rotatable bonds is 2. The van der Waals surface area contributed by atoms with Gasteiger partial charge in [-0.2, -0.15) is 0 Å². The summed E-state index contributed by atoms with van der Waals surface area (Å²) in [6, 6.07) is 8.39. The van der Waals surface area contributed by atoms with Crippen molar-refractivity contribution in [1.29, 1.82) is 0 Å². The maximum Gasteiger partial charge on any atom is 0.121 e. The molecule has 0 saturated carbocycles. The van der Waals surface area contributed by atoms with Crippen LogP contribution in [0, 0.1) is 0 Å². The van der Waals surface area contributed by atoms with Gasteiger partial charge in [-0.3, -0.25) is 0 Å². The largest absolute Gasteiger partial charge is 0.247 e. The standard InChI is InChI=1S/C17H17N3.C3H8.C2H6/c1-4-12-10-11-13-8-6-7-9-15(13)16-17(14(12)5-2)20(3)19-18-16;1-3-2;1-2/h4-9H,1-2,10-11H2,3H3;3H2,1-2H3;1-2H3/b14-12-;;. The fraction of sp³-hybridized carbons (Fsp3) is 0.364. The lowest BCUT2D eigenvalue weighted by Crippen LogP contribution is -2.04. The minimum absolute atomic E-state index is 0.928. The van der Waals surface area contributed by atoms with Gasteiger partial charge < -0.3 is 0 Å². The molecule has 1 aliphatic rings. The van der Waals surface area contributed by atoms with Crippen molar-refractivity contribution in [1.82, 2.24) is 15.0 Å². The van der Waals surface area contributed by atoms with Crippen molar-refractivity contribution in [3.05, 3.63) is 66.4 Å². The summed E-state index contributed by atoms with van der Waals surface area (Å²) < 4.78 is 1.82. The van der Waals surface area contributed by atoms with Gasteiger partial charge >= 0.3 is 0 Å². The van der Waals surface area contributed by atoms with E-state index in [0.29, 0.717) is 0 Å². The van der Waals surface area contributed by atoms with Crippen molar-refractivity contribution in [2.45, 2.75) is 47.0 Å². The molecule has 1 aliphatic carbocycles. The lowest BCUT2D eigenvalue weighted by molar-refractivity contribution is 0.707. The second kappa shape index (κ2) is 10.4. The summed E-state index contributed by atoms with van der Waals surface area (Å²) in [5.41, 5.74) is 6.69. The number of hydrogen-bond donors (Lipinski definition) is 0. The first-order valence-electron chi connectivity index (χ1n) is 9.14. The van der Waals surface area contributed by atoms with Gasteiger partial charge in [-0.1, -0.05) is 88.9 Å². The van der Waals surface area contributed by atoms with E-state index in [-0.39, 0.29) is 0 Å². The highest BCUT2D eigenvalue weighted by molar-refractivity contribution is 5.85. The van der Waals surface area contributed by atoms with Gasteiger partial charge in [0.25, 0.3) is 0 Å². The minimum Gasteiger partial charge on any atom is -0.247 e. The van der Waals surface area contributed by atoms with E-state index in [4.69, 9.17) is 0 Å². The zero-order valence-electron chi connectivity index (χ0n) is 16.3. The summed E-state index contributed by atoms with van der Waals surface area (Å²) >= 11 is 0. The first-order valence-corrected chi connectivity index (χ1v) is 9.14. The van der Waals surface area contributed by atoms with Crippen molar-refractivity contribution in [3.8, 4) is 11.3 Å². The van der Waals surface area contributed by atoms with Gasteiger partial charge in [-0.05, 0) is 24.0 Å². The molecule has 3 heteroatoms. The highest BCUT2D eigenvalue weighted by atomic mass is 15.4. The third-order valence-electron chi connectivity index (χ3n) is 3.81. The van der Waals surface area contributed by atoms with Crippen molar-refractivity contribution >= 4 is 5.57 Å².